The normalized spacial score (nSPS) is 12.1. The first-order valence-electron chi connectivity index (χ1n) is 14.7. The summed E-state index contributed by atoms with van der Waals surface area (Å²) in [5.74, 6) is -4.59. The van der Waals surface area contributed by atoms with E-state index in [1.165, 1.54) is 43.5 Å². The Morgan fingerprint density at radius 3 is 1.74 bits per heavy atom. The Labute approximate surface area is 283 Å². The van der Waals surface area contributed by atoms with Crippen LogP contribution < -0.4 is 28.7 Å². The molecule has 0 saturated carbocycles. The number of aryl methyl sites for hydroxylation is 1. The SMILES string of the molecule is COC(c1ccc(N(CC(=O)O)CC(=O)O)c(OCCOc2cc(C)ccc2N(CC(=O)O)CC(=O)O)c1)c1cc2c(cc1[N+](=O)[O-])OCO2. The van der Waals surface area contributed by atoms with Crippen LogP contribution in [0.15, 0.2) is 48.5 Å². The maximum Gasteiger partial charge on any atom is 0.323 e. The molecule has 3 aromatic carbocycles. The van der Waals surface area contributed by atoms with Crippen LogP contribution in [-0.4, -0.2) is 103 Å². The van der Waals surface area contributed by atoms with Gasteiger partial charge in [-0.15, -0.1) is 0 Å². The number of carboxylic acid groups (broad SMARTS) is 4. The smallest absolute Gasteiger partial charge is 0.323 e. The molecule has 0 aromatic heterocycles. The first-order valence-corrected chi connectivity index (χ1v) is 14.7. The van der Waals surface area contributed by atoms with E-state index in [2.05, 4.69) is 0 Å². The Morgan fingerprint density at radius 2 is 1.26 bits per heavy atom. The van der Waals surface area contributed by atoms with Crippen LogP contribution in [0.4, 0.5) is 17.1 Å². The van der Waals surface area contributed by atoms with Gasteiger partial charge in [-0.05, 0) is 48.4 Å². The highest BCUT2D eigenvalue weighted by Gasteiger charge is 2.30. The highest BCUT2D eigenvalue weighted by Crippen LogP contribution is 2.44. The maximum absolute atomic E-state index is 12.0. The van der Waals surface area contributed by atoms with Gasteiger partial charge in [0, 0.05) is 7.11 Å². The van der Waals surface area contributed by atoms with Crippen LogP contribution in [0.1, 0.15) is 22.8 Å². The zero-order valence-electron chi connectivity index (χ0n) is 26.8. The molecule has 266 valence electrons. The van der Waals surface area contributed by atoms with Crippen LogP contribution in [-0.2, 0) is 23.9 Å². The number of nitro benzene ring substituents is 1. The van der Waals surface area contributed by atoms with Gasteiger partial charge >= 0.3 is 23.9 Å². The number of nitro groups is 1. The maximum atomic E-state index is 12.0. The van der Waals surface area contributed by atoms with E-state index in [0.717, 1.165) is 15.4 Å². The fourth-order valence-corrected chi connectivity index (χ4v) is 5.24. The topological polar surface area (TPSA) is 245 Å². The average Bonchev–Trinajstić information content (AvgIpc) is 3.49. The Balaban J connectivity index is 1.68. The van der Waals surface area contributed by atoms with Crippen molar-refractivity contribution in [2.75, 3.05) is 63.1 Å². The van der Waals surface area contributed by atoms with Crippen molar-refractivity contribution in [3.8, 4) is 23.0 Å². The molecule has 4 rings (SSSR count). The number of ether oxygens (including phenoxy) is 5. The second-order valence-electron chi connectivity index (χ2n) is 10.8. The van der Waals surface area contributed by atoms with E-state index in [9.17, 15) is 49.7 Å². The molecule has 1 aliphatic rings. The van der Waals surface area contributed by atoms with Crippen LogP contribution in [0.5, 0.6) is 23.0 Å². The van der Waals surface area contributed by atoms with Crippen LogP contribution in [0.3, 0.4) is 0 Å². The Morgan fingerprint density at radius 1 is 0.780 bits per heavy atom. The van der Waals surface area contributed by atoms with Gasteiger partial charge in [-0.25, -0.2) is 0 Å². The second kappa shape index (κ2) is 16.2. The molecule has 0 fully saturated rings. The number of fused-ring (bicyclic) bond motifs is 1. The van der Waals surface area contributed by atoms with Crippen molar-refractivity contribution in [1.82, 2.24) is 0 Å². The molecule has 0 aliphatic carbocycles. The first kappa shape index (κ1) is 36.5. The van der Waals surface area contributed by atoms with E-state index < -0.39 is 61.1 Å². The van der Waals surface area contributed by atoms with Crippen molar-refractivity contribution in [3.63, 3.8) is 0 Å². The van der Waals surface area contributed by atoms with E-state index in [-0.39, 0.29) is 65.6 Å². The number of nitrogens with zero attached hydrogens (tertiary/aromatic N) is 3. The summed E-state index contributed by atoms with van der Waals surface area (Å²) in [6.45, 7) is -1.46. The number of carboxylic acids is 4. The Bertz CT molecular complexity index is 1750. The van der Waals surface area contributed by atoms with Gasteiger partial charge in [0.05, 0.1) is 27.9 Å². The van der Waals surface area contributed by atoms with Gasteiger partial charge < -0.3 is 53.9 Å². The number of anilines is 2. The third kappa shape index (κ3) is 9.19. The molecular formula is C32H33N3O15. The summed E-state index contributed by atoms with van der Waals surface area (Å²) in [6.07, 6.45) is -1.07. The molecule has 18 nitrogen and oxygen atoms in total. The summed E-state index contributed by atoms with van der Waals surface area (Å²) < 4.78 is 28.2. The standard InChI is InChI=1S/C32H33N3O15/c1-18-3-5-21(33(13-28(36)37)14-29(38)39)24(9-18)47-7-8-48-25-10-19(4-6-22(25)34(15-30(40)41)16-31(42)43)32(46-2)20-11-26-27(50-17-49-26)12-23(20)35(44)45/h3-6,9-12,32H,7-8,13-17H2,1-2H3,(H,36,37)(H,38,39)(H,40,41)(H,42,43). The van der Waals surface area contributed by atoms with Crippen molar-refractivity contribution >= 4 is 40.9 Å². The van der Waals surface area contributed by atoms with Crippen molar-refractivity contribution in [2.45, 2.75) is 13.0 Å². The largest absolute Gasteiger partial charge is 0.488 e. The molecular weight excluding hydrogens is 666 g/mol. The minimum absolute atomic E-state index is 0.0121. The van der Waals surface area contributed by atoms with Gasteiger partial charge in [-0.2, -0.15) is 0 Å². The fraction of sp³-hybridized carbons (Fsp3) is 0.312. The van der Waals surface area contributed by atoms with Crippen LogP contribution in [0.2, 0.25) is 0 Å². The minimum Gasteiger partial charge on any atom is -0.488 e. The zero-order chi connectivity index (χ0) is 36.5. The van der Waals surface area contributed by atoms with Gasteiger partial charge in [0.1, 0.15) is 57.0 Å². The molecule has 0 bridgehead atoms. The molecule has 0 spiro atoms. The molecule has 4 N–H and O–H groups in total. The second-order valence-corrected chi connectivity index (χ2v) is 10.8. The van der Waals surface area contributed by atoms with Gasteiger partial charge in [0.2, 0.25) is 6.79 Å². The molecule has 18 heteroatoms. The summed E-state index contributed by atoms with van der Waals surface area (Å²) in [4.78, 5) is 59.8. The molecule has 0 amide bonds. The van der Waals surface area contributed by atoms with Gasteiger partial charge in [0.15, 0.2) is 11.5 Å². The lowest BCUT2D eigenvalue weighted by atomic mass is 9.98. The highest BCUT2D eigenvalue weighted by atomic mass is 16.7. The molecule has 3 aromatic rings. The van der Waals surface area contributed by atoms with Gasteiger partial charge in [-0.3, -0.25) is 29.3 Å². The number of rotatable bonds is 19. The Kier molecular flexibility index (Phi) is 11.8. The van der Waals surface area contributed by atoms with Crippen molar-refractivity contribution < 1.29 is 68.2 Å². The minimum atomic E-state index is -1.32. The number of hydrogen-bond donors (Lipinski definition) is 4. The number of carbonyl (C=O) groups is 4. The van der Waals surface area contributed by atoms with Crippen molar-refractivity contribution in [1.29, 1.82) is 0 Å². The quantitative estimate of drug-likeness (QED) is 0.0798. The fourth-order valence-electron chi connectivity index (χ4n) is 5.24. The Hall–Kier alpha value is -6.30. The average molecular weight is 700 g/mol. The molecule has 1 unspecified atom stereocenters. The first-order chi connectivity index (χ1) is 23.8. The lowest BCUT2D eigenvalue weighted by molar-refractivity contribution is -0.386. The lowest BCUT2D eigenvalue weighted by Crippen LogP contribution is -2.35. The summed E-state index contributed by atoms with van der Waals surface area (Å²) in [6, 6.07) is 11.7. The van der Waals surface area contributed by atoms with Crippen molar-refractivity contribution in [3.05, 3.63) is 75.3 Å². The molecule has 0 saturated heterocycles. The third-order valence-electron chi connectivity index (χ3n) is 7.22. The summed E-state index contributed by atoms with van der Waals surface area (Å²) in [5, 5.41) is 49.7. The van der Waals surface area contributed by atoms with Gasteiger partial charge in [0.25, 0.3) is 5.69 Å². The molecule has 1 atom stereocenters. The number of hydrogen-bond acceptors (Lipinski definition) is 13. The van der Waals surface area contributed by atoms with E-state index >= 15 is 0 Å². The predicted molar refractivity (Wildman–Crippen MR) is 172 cm³/mol. The van der Waals surface area contributed by atoms with Crippen LogP contribution in [0.25, 0.3) is 0 Å². The van der Waals surface area contributed by atoms with E-state index in [0.29, 0.717) is 5.56 Å². The highest BCUT2D eigenvalue weighted by molar-refractivity contribution is 5.82. The summed E-state index contributed by atoms with van der Waals surface area (Å²) in [5.41, 5.74) is 1.10. The molecule has 0 radical (unpaired) electrons. The summed E-state index contributed by atoms with van der Waals surface area (Å²) in [7, 11) is 1.32. The monoisotopic (exact) mass is 699 g/mol. The molecule has 1 aliphatic heterocycles. The van der Waals surface area contributed by atoms with Crippen LogP contribution in [0, 0.1) is 17.0 Å². The van der Waals surface area contributed by atoms with E-state index in [4.69, 9.17) is 23.7 Å². The number of methoxy groups -OCH3 is 1. The van der Waals surface area contributed by atoms with Crippen LogP contribution >= 0.6 is 0 Å². The number of benzene rings is 3. The zero-order valence-corrected chi connectivity index (χ0v) is 26.8. The lowest BCUT2D eigenvalue weighted by Gasteiger charge is -2.26. The van der Waals surface area contributed by atoms with E-state index in [1.54, 1.807) is 19.1 Å². The summed E-state index contributed by atoms with van der Waals surface area (Å²) >= 11 is 0. The third-order valence-corrected chi connectivity index (χ3v) is 7.22. The van der Waals surface area contributed by atoms with Gasteiger partial charge in [-0.1, -0.05) is 12.1 Å². The molecule has 50 heavy (non-hydrogen) atoms. The van der Waals surface area contributed by atoms with E-state index in [1.807, 2.05) is 0 Å². The number of aliphatic carboxylic acids is 4. The predicted octanol–water partition coefficient (Wildman–Crippen LogP) is 2.78. The molecule has 1 heterocycles. The van der Waals surface area contributed by atoms with Crippen molar-refractivity contribution in [2.24, 2.45) is 0 Å².